The first-order valence-corrected chi connectivity index (χ1v) is 11.2. The van der Waals surface area contributed by atoms with E-state index < -0.39 is 42.3 Å². The standard InChI is InChI=1S/C24H26ClN3O6/c1-3-19(14-4-6-15(7-5-14)23(31)32)27-24(33)28-13-21(29)26-12-17(22(28)30)10-16-11-18(25)8-9-20(16)34-2/h4-9,11,17,19H,3,10,12-13H2,1-2H3,(H,26,29)(H,27,33)(H,31,32)/t17-,19-/m1/s1. The molecule has 0 unspecified atom stereocenters. The van der Waals surface area contributed by atoms with Gasteiger partial charge in [0.1, 0.15) is 12.3 Å². The third kappa shape index (κ3) is 5.85. The minimum absolute atomic E-state index is 0.0744. The summed E-state index contributed by atoms with van der Waals surface area (Å²) < 4.78 is 5.36. The quantitative estimate of drug-likeness (QED) is 0.551. The summed E-state index contributed by atoms with van der Waals surface area (Å²) in [6.45, 7) is 1.52. The number of hydrogen-bond donors (Lipinski definition) is 3. The van der Waals surface area contributed by atoms with E-state index in [0.717, 1.165) is 4.90 Å². The van der Waals surface area contributed by atoms with Crippen LogP contribution in [0.3, 0.4) is 0 Å². The molecule has 10 heteroatoms. The van der Waals surface area contributed by atoms with Crippen molar-refractivity contribution in [1.82, 2.24) is 15.5 Å². The SMILES string of the molecule is CC[C@@H](NC(=O)N1CC(=O)NC[C@@H](Cc2cc(Cl)ccc2OC)C1=O)c1ccc(C(=O)O)cc1. The van der Waals surface area contributed by atoms with Gasteiger partial charge in [-0.1, -0.05) is 30.7 Å². The molecule has 9 nitrogen and oxygen atoms in total. The topological polar surface area (TPSA) is 125 Å². The molecular weight excluding hydrogens is 462 g/mol. The van der Waals surface area contributed by atoms with E-state index in [1.165, 1.54) is 19.2 Å². The summed E-state index contributed by atoms with van der Waals surface area (Å²) in [5.74, 6) is -2.12. The number of ether oxygens (including phenoxy) is 1. The van der Waals surface area contributed by atoms with Gasteiger partial charge in [-0.3, -0.25) is 14.5 Å². The molecule has 0 saturated carbocycles. The van der Waals surface area contributed by atoms with Gasteiger partial charge in [0.15, 0.2) is 0 Å². The van der Waals surface area contributed by atoms with Crippen molar-refractivity contribution in [2.24, 2.45) is 5.92 Å². The van der Waals surface area contributed by atoms with Crippen molar-refractivity contribution in [1.29, 1.82) is 0 Å². The highest BCUT2D eigenvalue weighted by Gasteiger charge is 2.35. The molecule has 1 heterocycles. The van der Waals surface area contributed by atoms with Gasteiger partial charge in [-0.25, -0.2) is 9.59 Å². The summed E-state index contributed by atoms with van der Waals surface area (Å²) in [7, 11) is 1.51. The maximum absolute atomic E-state index is 13.3. The average molecular weight is 488 g/mol. The second-order valence-electron chi connectivity index (χ2n) is 7.92. The third-order valence-corrected chi connectivity index (χ3v) is 5.92. The maximum atomic E-state index is 13.3. The number of rotatable bonds is 7. The minimum Gasteiger partial charge on any atom is -0.496 e. The number of nitrogens with one attached hydrogen (secondary N) is 2. The number of halogens is 1. The Labute approximate surface area is 202 Å². The zero-order valence-electron chi connectivity index (χ0n) is 18.8. The Morgan fingerprint density at radius 2 is 1.94 bits per heavy atom. The third-order valence-electron chi connectivity index (χ3n) is 5.68. The molecule has 0 aromatic heterocycles. The molecule has 1 aliphatic heterocycles. The average Bonchev–Trinajstić information content (AvgIpc) is 2.96. The Bertz CT molecular complexity index is 1090. The van der Waals surface area contributed by atoms with Gasteiger partial charge in [0.25, 0.3) is 0 Å². The lowest BCUT2D eigenvalue weighted by Gasteiger charge is -2.25. The fourth-order valence-electron chi connectivity index (χ4n) is 3.83. The second-order valence-corrected chi connectivity index (χ2v) is 8.36. The maximum Gasteiger partial charge on any atom is 0.335 e. The van der Waals surface area contributed by atoms with Crippen LogP contribution < -0.4 is 15.4 Å². The van der Waals surface area contributed by atoms with Crippen LogP contribution in [0.2, 0.25) is 5.02 Å². The first kappa shape index (κ1) is 25.0. The van der Waals surface area contributed by atoms with Crippen LogP contribution in [0.15, 0.2) is 42.5 Å². The van der Waals surface area contributed by atoms with Crippen molar-refractivity contribution in [2.45, 2.75) is 25.8 Å². The number of carboxylic acids is 1. The Hall–Kier alpha value is -3.59. The van der Waals surface area contributed by atoms with Crippen molar-refractivity contribution in [3.8, 4) is 5.75 Å². The number of benzene rings is 2. The molecule has 1 fully saturated rings. The normalized spacial score (nSPS) is 16.9. The van der Waals surface area contributed by atoms with Crippen molar-refractivity contribution in [3.63, 3.8) is 0 Å². The molecule has 0 radical (unpaired) electrons. The lowest BCUT2D eigenvalue weighted by Crippen LogP contribution is -2.48. The van der Waals surface area contributed by atoms with Gasteiger partial charge in [-0.05, 0) is 54.3 Å². The van der Waals surface area contributed by atoms with Gasteiger partial charge < -0.3 is 20.5 Å². The van der Waals surface area contributed by atoms with E-state index in [1.54, 1.807) is 30.3 Å². The van der Waals surface area contributed by atoms with E-state index in [-0.39, 0.29) is 18.5 Å². The molecule has 3 N–H and O–H groups in total. The number of amides is 4. The van der Waals surface area contributed by atoms with E-state index in [2.05, 4.69) is 10.6 Å². The highest BCUT2D eigenvalue weighted by molar-refractivity contribution is 6.30. The minimum atomic E-state index is -1.05. The van der Waals surface area contributed by atoms with Gasteiger partial charge in [-0.15, -0.1) is 0 Å². The molecule has 3 rings (SSSR count). The van der Waals surface area contributed by atoms with E-state index in [4.69, 9.17) is 21.4 Å². The predicted octanol–water partition coefficient (Wildman–Crippen LogP) is 3.02. The van der Waals surface area contributed by atoms with E-state index in [9.17, 15) is 19.2 Å². The van der Waals surface area contributed by atoms with Crippen molar-refractivity contribution in [3.05, 3.63) is 64.2 Å². The van der Waals surface area contributed by atoms with Crippen molar-refractivity contribution >= 4 is 35.4 Å². The zero-order valence-corrected chi connectivity index (χ0v) is 19.6. The molecule has 2 aromatic rings. The molecule has 2 aromatic carbocycles. The van der Waals surface area contributed by atoms with E-state index in [0.29, 0.717) is 28.3 Å². The van der Waals surface area contributed by atoms with Gasteiger partial charge in [-0.2, -0.15) is 0 Å². The smallest absolute Gasteiger partial charge is 0.335 e. The number of hydrogen-bond acceptors (Lipinski definition) is 5. The van der Waals surface area contributed by atoms with Crippen LogP contribution in [0.5, 0.6) is 5.75 Å². The molecule has 2 atom stereocenters. The van der Waals surface area contributed by atoms with Gasteiger partial charge in [0.05, 0.1) is 24.6 Å². The molecule has 0 bridgehead atoms. The summed E-state index contributed by atoms with van der Waals surface area (Å²) >= 11 is 6.10. The van der Waals surface area contributed by atoms with Crippen molar-refractivity contribution in [2.75, 3.05) is 20.2 Å². The van der Waals surface area contributed by atoms with Gasteiger partial charge in [0.2, 0.25) is 11.8 Å². The number of urea groups is 1. The number of carboxylic acid groups (broad SMARTS) is 1. The van der Waals surface area contributed by atoms with Crippen LogP contribution in [-0.4, -0.2) is 54.0 Å². The summed E-state index contributed by atoms with van der Waals surface area (Å²) in [5, 5.41) is 15.0. The number of imide groups is 1. The van der Waals surface area contributed by atoms with E-state index >= 15 is 0 Å². The summed E-state index contributed by atoms with van der Waals surface area (Å²) in [4.78, 5) is 50.6. The van der Waals surface area contributed by atoms with Crippen molar-refractivity contribution < 1.29 is 29.0 Å². The second kappa shape index (κ2) is 11.0. The molecule has 0 aliphatic carbocycles. The van der Waals surface area contributed by atoms with Gasteiger partial charge in [0, 0.05) is 11.6 Å². The Morgan fingerprint density at radius 3 is 2.56 bits per heavy atom. The number of aromatic carboxylic acids is 1. The summed E-state index contributed by atoms with van der Waals surface area (Å²) in [6, 6.07) is 10.0. The van der Waals surface area contributed by atoms with E-state index in [1.807, 2.05) is 6.92 Å². The number of methoxy groups -OCH3 is 1. The molecule has 1 saturated heterocycles. The first-order chi connectivity index (χ1) is 16.2. The predicted molar refractivity (Wildman–Crippen MR) is 125 cm³/mol. The molecule has 4 amide bonds. The molecule has 180 valence electrons. The Kier molecular flexibility index (Phi) is 8.12. The van der Waals surface area contributed by atoms with Gasteiger partial charge >= 0.3 is 12.0 Å². The first-order valence-electron chi connectivity index (χ1n) is 10.8. The van der Waals surface area contributed by atoms with Crippen LogP contribution in [0.25, 0.3) is 0 Å². The Morgan fingerprint density at radius 1 is 1.24 bits per heavy atom. The van der Waals surface area contributed by atoms with Crippen LogP contribution in [-0.2, 0) is 16.0 Å². The summed E-state index contributed by atoms with van der Waals surface area (Å²) in [6.07, 6.45) is 0.718. The molecule has 0 spiro atoms. The fraction of sp³-hybridized carbons (Fsp3) is 0.333. The lowest BCUT2D eigenvalue weighted by molar-refractivity contribution is -0.133. The molecular formula is C24H26ClN3O6. The highest BCUT2D eigenvalue weighted by atomic mass is 35.5. The number of carbonyl (C=O) groups is 4. The largest absolute Gasteiger partial charge is 0.496 e. The van der Waals surface area contributed by atoms with Crippen LogP contribution >= 0.6 is 11.6 Å². The fourth-order valence-corrected chi connectivity index (χ4v) is 4.03. The number of carbonyl (C=O) groups excluding carboxylic acids is 3. The Balaban J connectivity index is 1.79. The highest BCUT2D eigenvalue weighted by Crippen LogP contribution is 2.26. The van der Waals surface area contributed by atoms with Crippen LogP contribution in [0, 0.1) is 5.92 Å². The van der Waals surface area contributed by atoms with Crippen LogP contribution in [0.4, 0.5) is 4.79 Å². The number of nitrogens with zero attached hydrogens (tertiary/aromatic N) is 1. The lowest BCUT2D eigenvalue weighted by atomic mass is 9.97. The summed E-state index contributed by atoms with van der Waals surface area (Å²) in [5.41, 5.74) is 1.51. The molecule has 34 heavy (non-hydrogen) atoms. The molecule has 1 aliphatic rings. The zero-order chi connectivity index (χ0) is 24.8. The monoisotopic (exact) mass is 487 g/mol. The van der Waals surface area contributed by atoms with Crippen LogP contribution in [0.1, 0.15) is 40.9 Å².